The van der Waals surface area contributed by atoms with Gasteiger partial charge in [0.1, 0.15) is 0 Å². The number of nitrogens with one attached hydrogen (secondary N) is 3. The van der Waals surface area contributed by atoms with E-state index in [1.54, 1.807) is 4.90 Å². The number of carbonyl (C=O) groups excluding carboxylic acids is 2. The third kappa shape index (κ3) is 8.60. The number of hydrogen-bond donors (Lipinski definition) is 3. The SMILES string of the molecule is CCNC(=NCc1ccc(C(=O)N2CCNC(=O)C2)cc1)NCCCC1CCCCC1.I. The maximum Gasteiger partial charge on any atom is 0.254 e. The highest BCUT2D eigenvalue weighted by Crippen LogP contribution is 2.26. The zero-order valence-electron chi connectivity index (χ0n) is 19.2. The summed E-state index contributed by atoms with van der Waals surface area (Å²) in [5, 5.41) is 9.50. The fourth-order valence-corrected chi connectivity index (χ4v) is 4.33. The number of guanidine groups is 1. The Kier molecular flexibility index (Phi) is 11.8. The van der Waals surface area contributed by atoms with Crippen LogP contribution in [0.3, 0.4) is 0 Å². The molecule has 2 aliphatic rings. The van der Waals surface area contributed by atoms with E-state index < -0.39 is 0 Å². The van der Waals surface area contributed by atoms with E-state index in [2.05, 4.69) is 27.9 Å². The van der Waals surface area contributed by atoms with Gasteiger partial charge in [0.05, 0.1) is 13.1 Å². The average Bonchev–Trinajstić information content (AvgIpc) is 2.81. The number of halogens is 1. The highest BCUT2D eigenvalue weighted by molar-refractivity contribution is 14.0. The molecule has 32 heavy (non-hydrogen) atoms. The first-order valence-corrected chi connectivity index (χ1v) is 11.8. The van der Waals surface area contributed by atoms with Crippen LogP contribution in [0.2, 0.25) is 0 Å². The molecule has 0 spiro atoms. The lowest BCUT2D eigenvalue weighted by Crippen LogP contribution is -2.49. The molecule has 0 bridgehead atoms. The maximum atomic E-state index is 12.6. The van der Waals surface area contributed by atoms with Crippen molar-refractivity contribution in [2.24, 2.45) is 10.9 Å². The Balaban J connectivity index is 0.00000363. The molecule has 0 aromatic heterocycles. The van der Waals surface area contributed by atoms with Crippen molar-refractivity contribution >= 4 is 41.8 Å². The van der Waals surface area contributed by atoms with Crippen LogP contribution in [0.5, 0.6) is 0 Å². The molecule has 0 atom stereocenters. The Morgan fingerprint density at radius 2 is 1.91 bits per heavy atom. The van der Waals surface area contributed by atoms with Crippen LogP contribution < -0.4 is 16.0 Å². The van der Waals surface area contributed by atoms with E-state index >= 15 is 0 Å². The van der Waals surface area contributed by atoms with Crippen molar-refractivity contribution in [1.82, 2.24) is 20.9 Å². The van der Waals surface area contributed by atoms with E-state index in [-0.39, 0.29) is 42.3 Å². The molecule has 3 N–H and O–H groups in total. The number of rotatable bonds is 8. The van der Waals surface area contributed by atoms with Gasteiger partial charge in [0.15, 0.2) is 5.96 Å². The number of nitrogens with zero attached hydrogens (tertiary/aromatic N) is 2. The average molecular weight is 556 g/mol. The normalized spacial score (nSPS) is 17.3. The van der Waals surface area contributed by atoms with E-state index in [4.69, 9.17) is 0 Å². The van der Waals surface area contributed by atoms with Crippen LogP contribution in [-0.2, 0) is 11.3 Å². The third-order valence-corrected chi connectivity index (χ3v) is 6.10. The molecule has 0 unspecified atom stereocenters. The van der Waals surface area contributed by atoms with Gasteiger partial charge in [0.2, 0.25) is 5.91 Å². The molecule has 3 rings (SSSR count). The lowest BCUT2D eigenvalue weighted by Gasteiger charge is -2.26. The van der Waals surface area contributed by atoms with Crippen molar-refractivity contribution < 1.29 is 9.59 Å². The molecule has 1 aromatic carbocycles. The number of piperazine rings is 1. The number of aliphatic imine (C=N–C) groups is 1. The van der Waals surface area contributed by atoms with Gasteiger partial charge in [0.25, 0.3) is 5.91 Å². The van der Waals surface area contributed by atoms with Gasteiger partial charge in [-0.3, -0.25) is 9.59 Å². The van der Waals surface area contributed by atoms with Gasteiger partial charge in [-0.25, -0.2) is 4.99 Å². The largest absolute Gasteiger partial charge is 0.357 e. The summed E-state index contributed by atoms with van der Waals surface area (Å²) in [5.41, 5.74) is 1.66. The summed E-state index contributed by atoms with van der Waals surface area (Å²) in [6.45, 7) is 5.58. The predicted molar refractivity (Wildman–Crippen MR) is 139 cm³/mol. The summed E-state index contributed by atoms with van der Waals surface area (Å²) in [7, 11) is 0. The Morgan fingerprint density at radius 1 is 1.16 bits per heavy atom. The van der Waals surface area contributed by atoms with E-state index in [1.807, 2.05) is 24.3 Å². The number of hydrogen-bond acceptors (Lipinski definition) is 3. The standard InChI is InChI=1S/C24H37N5O2.HI/c1-2-25-24(27-14-6-9-19-7-4-3-5-8-19)28-17-20-10-12-21(13-11-20)23(31)29-16-15-26-22(30)18-29;/h10-13,19H,2-9,14-18H2,1H3,(H,26,30)(H2,25,27,28);1H. The van der Waals surface area contributed by atoms with E-state index in [9.17, 15) is 9.59 Å². The molecule has 178 valence electrons. The number of carbonyl (C=O) groups is 2. The van der Waals surface area contributed by atoms with Crippen LogP contribution in [-0.4, -0.2) is 55.4 Å². The van der Waals surface area contributed by atoms with Crippen molar-refractivity contribution in [2.45, 2.75) is 58.4 Å². The molecular weight excluding hydrogens is 517 g/mol. The fourth-order valence-electron chi connectivity index (χ4n) is 4.33. The van der Waals surface area contributed by atoms with Crippen molar-refractivity contribution in [3.63, 3.8) is 0 Å². The third-order valence-electron chi connectivity index (χ3n) is 6.10. The second kappa shape index (κ2) is 14.3. The highest BCUT2D eigenvalue weighted by atomic mass is 127. The van der Waals surface area contributed by atoms with Gasteiger partial charge in [-0.1, -0.05) is 44.2 Å². The Labute approximate surface area is 209 Å². The first-order chi connectivity index (χ1) is 15.2. The topological polar surface area (TPSA) is 85.8 Å². The Bertz CT molecular complexity index is 747. The minimum absolute atomic E-state index is 0. The van der Waals surface area contributed by atoms with Crippen LogP contribution in [0.4, 0.5) is 0 Å². The zero-order valence-corrected chi connectivity index (χ0v) is 21.5. The summed E-state index contributed by atoms with van der Waals surface area (Å²) in [5.74, 6) is 1.55. The second-order valence-electron chi connectivity index (χ2n) is 8.54. The highest BCUT2D eigenvalue weighted by Gasteiger charge is 2.22. The van der Waals surface area contributed by atoms with Crippen molar-refractivity contribution in [3.05, 3.63) is 35.4 Å². The molecule has 2 amide bonds. The Hall–Kier alpha value is -1.84. The van der Waals surface area contributed by atoms with Gasteiger partial charge in [0, 0.05) is 31.7 Å². The van der Waals surface area contributed by atoms with Crippen molar-refractivity contribution in [1.29, 1.82) is 0 Å². The molecule has 2 fully saturated rings. The molecule has 1 saturated heterocycles. The minimum atomic E-state index is -0.104. The summed E-state index contributed by atoms with van der Waals surface area (Å²) < 4.78 is 0. The van der Waals surface area contributed by atoms with Gasteiger partial charge >= 0.3 is 0 Å². The molecule has 7 nitrogen and oxygen atoms in total. The van der Waals surface area contributed by atoms with Gasteiger partial charge in [-0.15, -0.1) is 24.0 Å². The summed E-state index contributed by atoms with van der Waals surface area (Å²) in [6, 6.07) is 7.52. The van der Waals surface area contributed by atoms with Crippen LogP contribution in [0.1, 0.15) is 67.8 Å². The zero-order chi connectivity index (χ0) is 21.9. The van der Waals surface area contributed by atoms with E-state index in [1.165, 1.54) is 44.9 Å². The molecular formula is C24H38IN5O2. The summed E-state index contributed by atoms with van der Waals surface area (Å²) in [6.07, 6.45) is 9.51. The maximum absolute atomic E-state index is 12.6. The monoisotopic (exact) mass is 555 g/mol. The van der Waals surface area contributed by atoms with Crippen LogP contribution >= 0.6 is 24.0 Å². The van der Waals surface area contributed by atoms with Crippen LogP contribution in [0.15, 0.2) is 29.3 Å². The van der Waals surface area contributed by atoms with E-state index in [0.29, 0.717) is 25.2 Å². The first kappa shape index (κ1) is 26.4. The van der Waals surface area contributed by atoms with Gasteiger partial charge < -0.3 is 20.9 Å². The molecule has 1 saturated carbocycles. The minimum Gasteiger partial charge on any atom is -0.357 e. The molecule has 8 heteroatoms. The molecule has 1 aromatic rings. The number of amides is 2. The second-order valence-corrected chi connectivity index (χ2v) is 8.54. The van der Waals surface area contributed by atoms with Gasteiger partial charge in [-0.2, -0.15) is 0 Å². The van der Waals surface area contributed by atoms with Gasteiger partial charge in [-0.05, 0) is 43.4 Å². The molecule has 0 radical (unpaired) electrons. The predicted octanol–water partition coefficient (Wildman–Crippen LogP) is 3.29. The molecule has 1 aliphatic heterocycles. The Morgan fingerprint density at radius 3 is 2.59 bits per heavy atom. The van der Waals surface area contributed by atoms with Crippen molar-refractivity contribution in [3.8, 4) is 0 Å². The number of benzene rings is 1. The first-order valence-electron chi connectivity index (χ1n) is 11.8. The molecule has 1 aliphatic carbocycles. The van der Waals surface area contributed by atoms with Crippen molar-refractivity contribution in [2.75, 3.05) is 32.7 Å². The summed E-state index contributed by atoms with van der Waals surface area (Å²) in [4.78, 5) is 30.4. The van der Waals surface area contributed by atoms with E-state index in [0.717, 1.165) is 30.5 Å². The fraction of sp³-hybridized carbons (Fsp3) is 0.625. The molecule has 1 heterocycles. The van der Waals surface area contributed by atoms with Crippen LogP contribution in [0.25, 0.3) is 0 Å². The van der Waals surface area contributed by atoms with Crippen LogP contribution in [0, 0.1) is 5.92 Å². The smallest absolute Gasteiger partial charge is 0.254 e. The lowest BCUT2D eigenvalue weighted by atomic mass is 9.86. The quantitative estimate of drug-likeness (QED) is 0.199. The summed E-state index contributed by atoms with van der Waals surface area (Å²) >= 11 is 0. The lowest BCUT2D eigenvalue weighted by molar-refractivity contribution is -0.123.